The van der Waals surface area contributed by atoms with Crippen LogP contribution < -0.4 is 0 Å². The summed E-state index contributed by atoms with van der Waals surface area (Å²) < 4.78 is 26.7. The number of aromatic nitrogens is 4. The van der Waals surface area contributed by atoms with E-state index >= 15 is 0 Å². The van der Waals surface area contributed by atoms with E-state index in [9.17, 15) is 18.7 Å². The average Bonchev–Trinajstić information content (AvgIpc) is 3.03. The fourth-order valence-electron chi connectivity index (χ4n) is 2.58. The van der Waals surface area contributed by atoms with Crippen molar-refractivity contribution in [3.63, 3.8) is 0 Å². The Kier molecular flexibility index (Phi) is 4.83. The van der Waals surface area contributed by atoms with Crippen molar-refractivity contribution < 1.29 is 18.7 Å². The number of carboxylic acid groups (broad SMARTS) is 1. The van der Waals surface area contributed by atoms with Crippen LogP contribution in [-0.4, -0.2) is 31.3 Å². The predicted molar refractivity (Wildman–Crippen MR) is 89.8 cm³/mol. The van der Waals surface area contributed by atoms with Gasteiger partial charge < -0.3 is 5.11 Å². The smallest absolute Gasteiger partial charge is 0.307 e. The monoisotopic (exact) mass is 356 g/mol. The number of carbonyl (C=O) groups is 1. The van der Waals surface area contributed by atoms with Crippen LogP contribution in [0, 0.1) is 11.6 Å². The molecule has 3 aromatic rings. The van der Waals surface area contributed by atoms with Gasteiger partial charge in [-0.15, -0.1) is 10.2 Å². The molecule has 0 aliphatic rings. The molecule has 0 amide bonds. The van der Waals surface area contributed by atoms with Crippen LogP contribution in [0.15, 0.2) is 48.5 Å². The van der Waals surface area contributed by atoms with Gasteiger partial charge in [-0.25, -0.2) is 8.78 Å². The van der Waals surface area contributed by atoms with Gasteiger partial charge in [-0.05, 0) is 46.2 Å². The first-order valence-electron chi connectivity index (χ1n) is 7.65. The van der Waals surface area contributed by atoms with E-state index in [2.05, 4.69) is 15.4 Å². The number of aryl methyl sites for hydroxylation is 1. The molecule has 0 atom stereocenters. The van der Waals surface area contributed by atoms with Gasteiger partial charge in [-0.2, -0.15) is 4.80 Å². The van der Waals surface area contributed by atoms with Crippen LogP contribution in [0.5, 0.6) is 0 Å². The molecule has 0 spiro atoms. The van der Waals surface area contributed by atoms with Crippen molar-refractivity contribution in [2.75, 3.05) is 0 Å². The van der Waals surface area contributed by atoms with E-state index in [1.807, 2.05) is 0 Å². The van der Waals surface area contributed by atoms with Crippen molar-refractivity contribution in [2.45, 2.75) is 6.42 Å². The molecule has 0 saturated heterocycles. The Labute approximate surface area is 147 Å². The van der Waals surface area contributed by atoms with E-state index in [0.717, 1.165) is 0 Å². The van der Waals surface area contributed by atoms with Crippen LogP contribution in [0.4, 0.5) is 8.78 Å². The summed E-state index contributed by atoms with van der Waals surface area (Å²) in [5, 5.41) is 21.1. The van der Waals surface area contributed by atoms with Crippen molar-refractivity contribution in [1.82, 2.24) is 20.2 Å². The highest BCUT2D eigenvalue weighted by atomic mass is 19.1. The van der Waals surface area contributed by atoms with E-state index < -0.39 is 17.6 Å². The number of carboxylic acids is 1. The van der Waals surface area contributed by atoms with E-state index in [4.69, 9.17) is 0 Å². The van der Waals surface area contributed by atoms with Gasteiger partial charge in [0, 0.05) is 5.57 Å². The van der Waals surface area contributed by atoms with Crippen LogP contribution in [0.1, 0.15) is 23.4 Å². The summed E-state index contributed by atoms with van der Waals surface area (Å²) >= 11 is 0. The molecule has 0 aliphatic carbocycles. The summed E-state index contributed by atoms with van der Waals surface area (Å²) in [6.45, 7) is 0. The molecule has 0 radical (unpaired) electrons. The Bertz CT molecular complexity index is 916. The molecule has 0 aliphatic heterocycles. The fourth-order valence-corrected chi connectivity index (χ4v) is 2.58. The third kappa shape index (κ3) is 3.80. The van der Waals surface area contributed by atoms with Gasteiger partial charge in [0.2, 0.25) is 5.82 Å². The number of hydrogen-bond donors (Lipinski definition) is 1. The largest absolute Gasteiger partial charge is 0.481 e. The third-order valence-electron chi connectivity index (χ3n) is 3.67. The Morgan fingerprint density at radius 1 is 1.00 bits per heavy atom. The number of hydrogen-bond acceptors (Lipinski definition) is 4. The zero-order valence-corrected chi connectivity index (χ0v) is 13.7. The van der Waals surface area contributed by atoms with Crippen molar-refractivity contribution in [3.8, 4) is 0 Å². The fraction of sp³-hybridized carbons (Fsp3) is 0.111. The molecule has 0 saturated carbocycles. The van der Waals surface area contributed by atoms with Crippen LogP contribution in [0.25, 0.3) is 11.1 Å². The number of aliphatic carboxylic acids is 1. The van der Waals surface area contributed by atoms with Crippen molar-refractivity contribution in [1.29, 1.82) is 0 Å². The molecule has 1 aromatic heterocycles. The van der Waals surface area contributed by atoms with Crippen LogP contribution in [0.2, 0.25) is 0 Å². The molecular weight excluding hydrogens is 342 g/mol. The molecule has 6 nitrogen and oxygen atoms in total. The first-order valence-corrected chi connectivity index (χ1v) is 7.65. The maximum Gasteiger partial charge on any atom is 0.307 e. The molecule has 2 aromatic carbocycles. The van der Waals surface area contributed by atoms with Crippen LogP contribution in [-0.2, 0) is 11.8 Å². The zero-order chi connectivity index (χ0) is 18.7. The summed E-state index contributed by atoms with van der Waals surface area (Å²) in [5.41, 5.74) is 1.88. The topological polar surface area (TPSA) is 80.9 Å². The second-order valence-electron chi connectivity index (χ2n) is 5.54. The summed E-state index contributed by atoms with van der Waals surface area (Å²) in [4.78, 5) is 12.6. The van der Waals surface area contributed by atoms with Gasteiger partial charge in [-0.3, -0.25) is 4.79 Å². The molecule has 0 fully saturated rings. The van der Waals surface area contributed by atoms with E-state index in [-0.39, 0.29) is 12.2 Å². The number of halogens is 2. The van der Waals surface area contributed by atoms with Gasteiger partial charge in [0.25, 0.3) is 0 Å². The van der Waals surface area contributed by atoms with Crippen molar-refractivity contribution in [3.05, 3.63) is 77.1 Å². The van der Waals surface area contributed by atoms with Gasteiger partial charge in [0.15, 0.2) is 0 Å². The second kappa shape index (κ2) is 7.22. The molecule has 0 unspecified atom stereocenters. The highest BCUT2D eigenvalue weighted by Crippen LogP contribution is 2.33. The van der Waals surface area contributed by atoms with Crippen molar-refractivity contribution in [2.24, 2.45) is 7.05 Å². The summed E-state index contributed by atoms with van der Waals surface area (Å²) in [5.74, 6) is -1.80. The highest BCUT2D eigenvalue weighted by Gasteiger charge is 2.20. The first-order chi connectivity index (χ1) is 12.4. The standard InChI is InChI=1S/C18H14F2N4O2/c1-24-22-18(21-23-24)15(10-16(25)26)17(11-2-6-13(19)7-3-11)12-4-8-14(20)9-5-12/h2-9H,10H2,1H3,(H,25,26). The molecular formula is C18H14F2N4O2. The minimum Gasteiger partial charge on any atom is -0.481 e. The maximum atomic E-state index is 13.3. The normalized spacial score (nSPS) is 10.6. The second-order valence-corrected chi connectivity index (χ2v) is 5.54. The first kappa shape index (κ1) is 17.4. The van der Waals surface area contributed by atoms with Gasteiger partial charge in [0.05, 0.1) is 13.5 Å². The lowest BCUT2D eigenvalue weighted by atomic mass is 9.91. The van der Waals surface area contributed by atoms with Gasteiger partial charge in [-0.1, -0.05) is 24.3 Å². The van der Waals surface area contributed by atoms with Crippen molar-refractivity contribution >= 4 is 17.1 Å². The number of rotatable bonds is 5. The lowest BCUT2D eigenvalue weighted by molar-refractivity contribution is -0.135. The lowest BCUT2D eigenvalue weighted by Crippen LogP contribution is -2.04. The maximum absolute atomic E-state index is 13.3. The van der Waals surface area contributed by atoms with E-state index in [1.165, 1.54) is 53.3 Å². The number of tetrazole rings is 1. The molecule has 0 bridgehead atoms. The summed E-state index contributed by atoms with van der Waals surface area (Å²) in [7, 11) is 1.56. The number of benzene rings is 2. The zero-order valence-electron chi connectivity index (χ0n) is 13.7. The molecule has 1 N–H and O–H groups in total. The van der Waals surface area contributed by atoms with Gasteiger partial charge in [0.1, 0.15) is 11.6 Å². The van der Waals surface area contributed by atoms with Crippen LogP contribution in [0.3, 0.4) is 0 Å². The highest BCUT2D eigenvalue weighted by molar-refractivity contribution is 6.01. The predicted octanol–water partition coefficient (Wildman–Crippen LogP) is 2.92. The SMILES string of the molecule is Cn1nnc(C(CC(=O)O)=C(c2ccc(F)cc2)c2ccc(F)cc2)n1. The van der Waals surface area contributed by atoms with Gasteiger partial charge >= 0.3 is 5.97 Å². The lowest BCUT2D eigenvalue weighted by Gasteiger charge is -2.13. The molecule has 132 valence electrons. The van der Waals surface area contributed by atoms with E-state index in [0.29, 0.717) is 22.3 Å². The average molecular weight is 356 g/mol. The molecule has 1 heterocycles. The molecule has 3 rings (SSSR count). The quantitative estimate of drug-likeness (QED) is 0.760. The molecule has 26 heavy (non-hydrogen) atoms. The number of nitrogens with zero attached hydrogens (tertiary/aromatic N) is 4. The summed E-state index contributed by atoms with van der Waals surface area (Å²) in [6.07, 6.45) is -0.379. The Morgan fingerprint density at radius 2 is 1.50 bits per heavy atom. The Balaban J connectivity index is 2.29. The Hall–Kier alpha value is -3.42. The minimum absolute atomic E-state index is 0.138. The third-order valence-corrected chi connectivity index (χ3v) is 3.67. The summed E-state index contributed by atoms with van der Waals surface area (Å²) in [6, 6.07) is 11.1. The Morgan fingerprint density at radius 3 is 1.88 bits per heavy atom. The van der Waals surface area contributed by atoms with Crippen LogP contribution >= 0.6 is 0 Å². The minimum atomic E-state index is -1.09. The van der Waals surface area contributed by atoms with E-state index in [1.54, 1.807) is 7.05 Å². The molecule has 8 heteroatoms.